The first-order valence-corrected chi connectivity index (χ1v) is 4.47. The van der Waals surface area contributed by atoms with Crippen molar-refractivity contribution in [3.05, 3.63) is 28.3 Å². The molecule has 0 amide bonds. The summed E-state index contributed by atoms with van der Waals surface area (Å²) in [5.41, 5.74) is 1.45. The molecule has 0 radical (unpaired) electrons. The van der Waals surface area contributed by atoms with Crippen molar-refractivity contribution in [3.63, 3.8) is 0 Å². The van der Waals surface area contributed by atoms with Gasteiger partial charge in [0.05, 0.1) is 13.5 Å². The van der Waals surface area contributed by atoms with Crippen LogP contribution in [-0.4, -0.2) is 18.2 Å². The van der Waals surface area contributed by atoms with Gasteiger partial charge in [-0.15, -0.1) is 0 Å². The zero-order chi connectivity index (χ0) is 10.7. The molecular formula is C10H11ClO3. The maximum atomic E-state index is 10.6. The van der Waals surface area contributed by atoms with E-state index in [0.717, 1.165) is 5.56 Å². The van der Waals surface area contributed by atoms with Crippen LogP contribution in [-0.2, 0) is 11.2 Å². The van der Waals surface area contributed by atoms with Crippen molar-refractivity contribution in [2.24, 2.45) is 0 Å². The summed E-state index contributed by atoms with van der Waals surface area (Å²) in [5, 5.41) is 9.20. The summed E-state index contributed by atoms with van der Waals surface area (Å²) < 4.78 is 5.11. The first-order chi connectivity index (χ1) is 6.54. The van der Waals surface area contributed by atoms with Crippen LogP contribution in [0, 0.1) is 6.92 Å². The molecule has 0 saturated carbocycles. The molecule has 0 aliphatic heterocycles. The van der Waals surface area contributed by atoms with Gasteiger partial charge in [-0.25, -0.2) is 0 Å². The van der Waals surface area contributed by atoms with Gasteiger partial charge in [0.15, 0.2) is 0 Å². The fourth-order valence-electron chi connectivity index (χ4n) is 1.39. The maximum Gasteiger partial charge on any atom is 0.307 e. The Morgan fingerprint density at radius 3 is 2.71 bits per heavy atom. The first-order valence-electron chi connectivity index (χ1n) is 4.09. The number of hydrogen-bond donors (Lipinski definition) is 1. The van der Waals surface area contributed by atoms with E-state index >= 15 is 0 Å². The lowest BCUT2D eigenvalue weighted by molar-refractivity contribution is -0.136. The van der Waals surface area contributed by atoms with Gasteiger partial charge in [0.25, 0.3) is 0 Å². The number of carbonyl (C=O) groups is 1. The van der Waals surface area contributed by atoms with Crippen LogP contribution in [0.1, 0.15) is 11.1 Å². The normalized spacial score (nSPS) is 9.93. The Kier molecular flexibility index (Phi) is 3.36. The smallest absolute Gasteiger partial charge is 0.307 e. The number of aliphatic carboxylic acids is 1. The average molecular weight is 215 g/mol. The lowest BCUT2D eigenvalue weighted by Crippen LogP contribution is -2.03. The monoisotopic (exact) mass is 214 g/mol. The van der Waals surface area contributed by atoms with E-state index in [4.69, 9.17) is 21.4 Å². The Morgan fingerprint density at radius 2 is 2.21 bits per heavy atom. The first kappa shape index (κ1) is 10.9. The second-order valence-corrected chi connectivity index (χ2v) is 3.42. The second kappa shape index (κ2) is 4.33. The second-order valence-electron chi connectivity index (χ2n) is 2.99. The Bertz CT molecular complexity index is 361. The molecule has 1 N–H and O–H groups in total. The summed E-state index contributed by atoms with van der Waals surface area (Å²) in [4.78, 5) is 10.6. The number of hydrogen-bond acceptors (Lipinski definition) is 2. The van der Waals surface area contributed by atoms with Gasteiger partial charge in [0.2, 0.25) is 0 Å². The van der Waals surface area contributed by atoms with E-state index in [2.05, 4.69) is 0 Å². The topological polar surface area (TPSA) is 46.5 Å². The Balaban J connectivity index is 3.17. The number of carboxylic acids is 1. The summed E-state index contributed by atoms with van der Waals surface area (Å²) in [6.45, 7) is 1.83. The number of carboxylic acid groups (broad SMARTS) is 1. The zero-order valence-electron chi connectivity index (χ0n) is 8.00. The third-order valence-corrected chi connectivity index (χ3v) is 2.08. The van der Waals surface area contributed by atoms with Crippen LogP contribution in [0.4, 0.5) is 0 Å². The molecule has 0 aliphatic carbocycles. The van der Waals surface area contributed by atoms with Crippen LogP contribution in [0.25, 0.3) is 0 Å². The highest BCUT2D eigenvalue weighted by Crippen LogP contribution is 2.27. The zero-order valence-corrected chi connectivity index (χ0v) is 8.76. The van der Waals surface area contributed by atoms with Crippen LogP contribution in [0.5, 0.6) is 5.75 Å². The molecule has 1 rings (SSSR count). The molecule has 76 valence electrons. The minimum absolute atomic E-state index is 0.0788. The van der Waals surface area contributed by atoms with Gasteiger partial charge in [-0.2, -0.15) is 0 Å². The van der Waals surface area contributed by atoms with Gasteiger partial charge in [0, 0.05) is 10.6 Å². The van der Waals surface area contributed by atoms with Gasteiger partial charge in [0.1, 0.15) is 5.75 Å². The summed E-state index contributed by atoms with van der Waals surface area (Å²) >= 11 is 5.81. The SMILES string of the molecule is COc1c(C)cc(Cl)cc1CC(=O)O. The molecule has 0 spiro atoms. The van der Waals surface area contributed by atoms with E-state index in [1.165, 1.54) is 7.11 Å². The van der Waals surface area contributed by atoms with E-state index in [1.807, 2.05) is 6.92 Å². The molecule has 14 heavy (non-hydrogen) atoms. The Morgan fingerprint density at radius 1 is 1.57 bits per heavy atom. The number of halogens is 1. The number of rotatable bonds is 3. The van der Waals surface area contributed by atoms with Gasteiger partial charge in [-0.1, -0.05) is 11.6 Å². The minimum atomic E-state index is -0.898. The Hall–Kier alpha value is -1.22. The van der Waals surface area contributed by atoms with E-state index in [0.29, 0.717) is 16.3 Å². The molecule has 0 bridgehead atoms. The average Bonchev–Trinajstić information content (AvgIpc) is 2.01. The molecule has 0 aliphatic rings. The third-order valence-electron chi connectivity index (χ3n) is 1.86. The maximum absolute atomic E-state index is 10.6. The van der Waals surface area contributed by atoms with Crippen molar-refractivity contribution >= 4 is 17.6 Å². The van der Waals surface area contributed by atoms with Crippen molar-refractivity contribution in [1.82, 2.24) is 0 Å². The van der Waals surface area contributed by atoms with E-state index in [-0.39, 0.29) is 6.42 Å². The lowest BCUT2D eigenvalue weighted by Gasteiger charge is -2.10. The predicted octanol–water partition coefficient (Wildman–Crippen LogP) is 2.28. The van der Waals surface area contributed by atoms with Gasteiger partial charge < -0.3 is 9.84 Å². The van der Waals surface area contributed by atoms with Crippen molar-refractivity contribution in [1.29, 1.82) is 0 Å². The fourth-order valence-corrected chi connectivity index (χ4v) is 1.68. The van der Waals surface area contributed by atoms with Gasteiger partial charge >= 0.3 is 5.97 Å². The van der Waals surface area contributed by atoms with E-state index < -0.39 is 5.97 Å². The number of benzene rings is 1. The van der Waals surface area contributed by atoms with Crippen LogP contribution in [0.3, 0.4) is 0 Å². The van der Waals surface area contributed by atoms with Crippen LogP contribution in [0.2, 0.25) is 5.02 Å². The van der Waals surface area contributed by atoms with E-state index in [1.54, 1.807) is 12.1 Å². The molecule has 4 heteroatoms. The van der Waals surface area contributed by atoms with Crippen molar-refractivity contribution < 1.29 is 14.6 Å². The summed E-state index contributed by atoms with van der Waals surface area (Å²) in [7, 11) is 1.52. The molecule has 1 aromatic rings. The van der Waals surface area contributed by atoms with Gasteiger partial charge in [-0.3, -0.25) is 4.79 Å². The van der Waals surface area contributed by atoms with E-state index in [9.17, 15) is 4.79 Å². The number of methoxy groups -OCH3 is 1. The number of ether oxygens (including phenoxy) is 1. The fraction of sp³-hybridized carbons (Fsp3) is 0.300. The molecule has 0 aromatic heterocycles. The predicted molar refractivity (Wildman–Crippen MR) is 54.1 cm³/mol. The molecule has 0 saturated heterocycles. The van der Waals surface area contributed by atoms with Gasteiger partial charge in [-0.05, 0) is 24.6 Å². The Labute approximate surface area is 87.3 Å². The third kappa shape index (κ3) is 2.39. The summed E-state index contributed by atoms with van der Waals surface area (Å²) in [5.74, 6) is -0.304. The summed E-state index contributed by atoms with van der Waals surface area (Å²) in [6, 6.07) is 3.35. The molecular weight excluding hydrogens is 204 g/mol. The van der Waals surface area contributed by atoms with Crippen LogP contribution >= 0.6 is 11.6 Å². The highest BCUT2D eigenvalue weighted by atomic mass is 35.5. The lowest BCUT2D eigenvalue weighted by atomic mass is 10.1. The van der Waals surface area contributed by atoms with Crippen molar-refractivity contribution in [2.75, 3.05) is 7.11 Å². The van der Waals surface area contributed by atoms with Crippen LogP contribution in [0.15, 0.2) is 12.1 Å². The largest absolute Gasteiger partial charge is 0.496 e. The standard InChI is InChI=1S/C10H11ClO3/c1-6-3-8(11)4-7(5-9(12)13)10(6)14-2/h3-4H,5H2,1-2H3,(H,12,13). The molecule has 1 aromatic carbocycles. The quantitative estimate of drug-likeness (QED) is 0.840. The molecule has 0 fully saturated rings. The minimum Gasteiger partial charge on any atom is -0.496 e. The molecule has 0 heterocycles. The summed E-state index contributed by atoms with van der Waals surface area (Å²) in [6.07, 6.45) is -0.0788. The highest BCUT2D eigenvalue weighted by molar-refractivity contribution is 6.30. The van der Waals surface area contributed by atoms with Crippen LogP contribution < -0.4 is 4.74 Å². The molecule has 0 unspecified atom stereocenters. The highest BCUT2D eigenvalue weighted by Gasteiger charge is 2.10. The van der Waals surface area contributed by atoms with Crippen molar-refractivity contribution in [3.8, 4) is 5.75 Å². The molecule has 3 nitrogen and oxygen atoms in total. The van der Waals surface area contributed by atoms with Crippen molar-refractivity contribution in [2.45, 2.75) is 13.3 Å². The molecule has 0 atom stereocenters. The number of aryl methyl sites for hydroxylation is 1.